The van der Waals surface area contributed by atoms with Crippen LogP contribution in [0.25, 0.3) is 0 Å². The number of carboxylic acid groups (broad SMARTS) is 1. The molecule has 0 amide bonds. The van der Waals surface area contributed by atoms with E-state index in [1.807, 2.05) is 13.8 Å². The lowest BCUT2D eigenvalue weighted by atomic mass is 9.95. The van der Waals surface area contributed by atoms with E-state index in [4.69, 9.17) is 10.2 Å². The van der Waals surface area contributed by atoms with E-state index < -0.39 is 5.97 Å². The van der Waals surface area contributed by atoms with Gasteiger partial charge in [-0.15, -0.1) is 0 Å². The van der Waals surface area contributed by atoms with Crippen LogP contribution in [0, 0.1) is 0 Å². The average Bonchev–Trinajstić information content (AvgIpc) is 2.29. The number of aromatic nitrogens is 1. The number of rotatable bonds is 6. The van der Waals surface area contributed by atoms with Crippen molar-refractivity contribution in [2.24, 2.45) is 0 Å². The number of aliphatic hydroxyl groups excluding tert-OH is 1. The molecule has 0 aliphatic rings. The first-order valence-corrected chi connectivity index (χ1v) is 5.59. The van der Waals surface area contributed by atoms with Gasteiger partial charge in [0.1, 0.15) is 5.82 Å². The molecule has 0 aliphatic carbocycles. The van der Waals surface area contributed by atoms with Crippen molar-refractivity contribution in [1.29, 1.82) is 0 Å². The maximum atomic E-state index is 10.8. The largest absolute Gasteiger partial charge is 0.478 e. The van der Waals surface area contributed by atoms with Crippen molar-refractivity contribution in [3.63, 3.8) is 0 Å². The molecule has 0 fully saturated rings. The Balaban J connectivity index is 2.86. The van der Waals surface area contributed by atoms with Crippen LogP contribution in [0.5, 0.6) is 0 Å². The zero-order valence-electron chi connectivity index (χ0n) is 10.1. The van der Waals surface area contributed by atoms with E-state index in [1.165, 1.54) is 18.3 Å². The van der Waals surface area contributed by atoms with Gasteiger partial charge in [0.25, 0.3) is 0 Å². The van der Waals surface area contributed by atoms with Crippen LogP contribution < -0.4 is 5.32 Å². The SMILES string of the molecule is CCC(C)(CCO)Nc1cc(C(=O)O)ccn1. The summed E-state index contributed by atoms with van der Waals surface area (Å²) < 4.78 is 0. The van der Waals surface area contributed by atoms with Gasteiger partial charge in [-0.1, -0.05) is 6.92 Å². The third kappa shape index (κ3) is 3.71. The summed E-state index contributed by atoms with van der Waals surface area (Å²) in [6.45, 7) is 4.05. The first-order valence-electron chi connectivity index (χ1n) is 5.59. The van der Waals surface area contributed by atoms with E-state index in [2.05, 4.69) is 10.3 Å². The molecule has 1 aromatic rings. The summed E-state index contributed by atoms with van der Waals surface area (Å²) in [5.41, 5.74) is -0.0799. The van der Waals surface area contributed by atoms with Gasteiger partial charge in [-0.05, 0) is 31.9 Å². The highest BCUT2D eigenvalue weighted by molar-refractivity contribution is 5.88. The molecule has 1 unspecified atom stereocenters. The van der Waals surface area contributed by atoms with E-state index >= 15 is 0 Å². The van der Waals surface area contributed by atoms with Gasteiger partial charge in [-0.3, -0.25) is 0 Å². The summed E-state index contributed by atoms with van der Waals surface area (Å²) in [6.07, 6.45) is 2.86. The minimum atomic E-state index is -0.976. The molecule has 0 radical (unpaired) electrons. The van der Waals surface area contributed by atoms with Crippen LogP contribution in [-0.2, 0) is 0 Å². The van der Waals surface area contributed by atoms with Gasteiger partial charge in [0.2, 0.25) is 0 Å². The fraction of sp³-hybridized carbons (Fsp3) is 0.500. The van der Waals surface area contributed by atoms with Crippen molar-refractivity contribution in [2.75, 3.05) is 11.9 Å². The number of aromatic carboxylic acids is 1. The number of nitrogens with one attached hydrogen (secondary N) is 1. The number of nitrogens with zero attached hydrogens (tertiary/aromatic N) is 1. The average molecular weight is 238 g/mol. The lowest BCUT2D eigenvalue weighted by Crippen LogP contribution is -2.35. The molecule has 3 N–H and O–H groups in total. The number of anilines is 1. The van der Waals surface area contributed by atoms with Crippen LogP contribution in [0.2, 0.25) is 0 Å². The minimum absolute atomic E-state index is 0.0793. The quantitative estimate of drug-likeness (QED) is 0.703. The standard InChI is InChI=1S/C12H18N2O3/c1-3-12(2,5-7-15)14-10-8-9(11(16)17)4-6-13-10/h4,6,8,15H,3,5,7H2,1-2H3,(H,13,14)(H,16,17). The Morgan fingerprint density at radius 2 is 2.29 bits per heavy atom. The summed E-state index contributed by atoms with van der Waals surface area (Å²) in [4.78, 5) is 14.9. The lowest BCUT2D eigenvalue weighted by molar-refractivity contribution is 0.0696. The molecule has 94 valence electrons. The second-order valence-corrected chi connectivity index (χ2v) is 4.25. The third-order valence-electron chi connectivity index (χ3n) is 2.88. The van der Waals surface area contributed by atoms with E-state index in [0.717, 1.165) is 6.42 Å². The predicted molar refractivity (Wildman–Crippen MR) is 65.2 cm³/mol. The van der Waals surface area contributed by atoms with Crippen molar-refractivity contribution in [1.82, 2.24) is 4.98 Å². The highest BCUT2D eigenvalue weighted by Gasteiger charge is 2.21. The minimum Gasteiger partial charge on any atom is -0.478 e. The van der Waals surface area contributed by atoms with Gasteiger partial charge in [0.05, 0.1) is 5.56 Å². The fourth-order valence-electron chi connectivity index (χ4n) is 1.52. The number of hydrogen-bond acceptors (Lipinski definition) is 4. The van der Waals surface area contributed by atoms with Gasteiger partial charge in [0.15, 0.2) is 0 Å². The van der Waals surface area contributed by atoms with Crippen LogP contribution in [0.1, 0.15) is 37.0 Å². The summed E-state index contributed by atoms with van der Waals surface area (Å²) in [6, 6.07) is 2.94. The number of hydrogen-bond donors (Lipinski definition) is 3. The van der Waals surface area contributed by atoms with E-state index in [-0.39, 0.29) is 17.7 Å². The second kappa shape index (κ2) is 5.63. The zero-order chi connectivity index (χ0) is 12.9. The van der Waals surface area contributed by atoms with E-state index in [1.54, 1.807) is 0 Å². The topological polar surface area (TPSA) is 82.5 Å². The Morgan fingerprint density at radius 1 is 1.59 bits per heavy atom. The molecule has 0 saturated carbocycles. The summed E-state index contributed by atoms with van der Waals surface area (Å²) >= 11 is 0. The molecule has 1 atom stereocenters. The van der Waals surface area contributed by atoms with Crippen molar-refractivity contribution >= 4 is 11.8 Å². The molecule has 17 heavy (non-hydrogen) atoms. The molecule has 1 rings (SSSR count). The Hall–Kier alpha value is -1.62. The Kier molecular flexibility index (Phi) is 4.45. The predicted octanol–water partition coefficient (Wildman–Crippen LogP) is 1.74. The molecular formula is C12H18N2O3. The highest BCUT2D eigenvalue weighted by Crippen LogP contribution is 2.20. The fourth-order valence-corrected chi connectivity index (χ4v) is 1.52. The van der Waals surface area contributed by atoms with Crippen LogP contribution >= 0.6 is 0 Å². The number of carbonyl (C=O) groups is 1. The molecule has 1 heterocycles. The smallest absolute Gasteiger partial charge is 0.335 e. The molecule has 5 nitrogen and oxygen atoms in total. The summed E-state index contributed by atoms with van der Waals surface area (Å²) in [7, 11) is 0. The summed E-state index contributed by atoms with van der Waals surface area (Å²) in [5.74, 6) is -0.460. The van der Waals surface area contributed by atoms with Gasteiger partial charge >= 0.3 is 5.97 Å². The maximum absolute atomic E-state index is 10.8. The van der Waals surface area contributed by atoms with Gasteiger partial charge in [-0.2, -0.15) is 0 Å². The first kappa shape index (κ1) is 13.4. The molecular weight excluding hydrogens is 220 g/mol. The Morgan fingerprint density at radius 3 is 2.82 bits per heavy atom. The van der Waals surface area contributed by atoms with Crippen molar-refractivity contribution in [2.45, 2.75) is 32.2 Å². The van der Waals surface area contributed by atoms with Gasteiger partial charge < -0.3 is 15.5 Å². The second-order valence-electron chi connectivity index (χ2n) is 4.25. The van der Waals surface area contributed by atoms with Crippen molar-refractivity contribution < 1.29 is 15.0 Å². The third-order valence-corrected chi connectivity index (χ3v) is 2.88. The van der Waals surface area contributed by atoms with E-state index in [9.17, 15) is 4.79 Å². The van der Waals surface area contributed by atoms with Crippen molar-refractivity contribution in [3.05, 3.63) is 23.9 Å². The van der Waals surface area contributed by atoms with Gasteiger partial charge in [-0.25, -0.2) is 9.78 Å². The molecule has 0 spiro atoms. The number of carboxylic acids is 1. The molecule has 0 aromatic carbocycles. The van der Waals surface area contributed by atoms with Crippen molar-refractivity contribution in [3.8, 4) is 0 Å². The van der Waals surface area contributed by atoms with Crippen LogP contribution in [0.15, 0.2) is 18.3 Å². The maximum Gasteiger partial charge on any atom is 0.335 e. The Bertz CT molecular complexity index is 395. The number of pyridine rings is 1. The van der Waals surface area contributed by atoms with E-state index in [0.29, 0.717) is 12.2 Å². The highest BCUT2D eigenvalue weighted by atomic mass is 16.4. The lowest BCUT2D eigenvalue weighted by Gasteiger charge is -2.29. The zero-order valence-corrected chi connectivity index (χ0v) is 10.1. The molecule has 0 saturated heterocycles. The molecule has 5 heteroatoms. The van der Waals surface area contributed by atoms with Gasteiger partial charge in [0, 0.05) is 18.3 Å². The Labute approximate surface area is 101 Å². The van der Waals surface area contributed by atoms with Crippen LogP contribution in [-0.4, -0.2) is 33.3 Å². The monoisotopic (exact) mass is 238 g/mol. The number of aliphatic hydroxyl groups is 1. The molecule has 1 aromatic heterocycles. The van der Waals surface area contributed by atoms with Crippen LogP contribution in [0.4, 0.5) is 5.82 Å². The first-order chi connectivity index (χ1) is 8.00. The molecule has 0 bridgehead atoms. The van der Waals surface area contributed by atoms with Crippen LogP contribution in [0.3, 0.4) is 0 Å². The molecule has 0 aliphatic heterocycles. The summed E-state index contributed by atoms with van der Waals surface area (Å²) in [5, 5.41) is 21.0. The normalized spacial score (nSPS) is 14.1.